The van der Waals surface area contributed by atoms with Gasteiger partial charge in [-0.3, -0.25) is 10.1 Å². The largest absolute Gasteiger partial charge is 0.494 e. The first-order chi connectivity index (χ1) is 12.7. The minimum atomic E-state index is -0.455. The van der Waals surface area contributed by atoms with E-state index in [0.29, 0.717) is 11.7 Å². The Bertz CT molecular complexity index is 858. The van der Waals surface area contributed by atoms with Crippen LogP contribution in [-0.4, -0.2) is 28.5 Å². The zero-order valence-corrected chi connectivity index (χ0v) is 15.4. The van der Waals surface area contributed by atoms with Gasteiger partial charge in [0, 0.05) is 11.3 Å². The Morgan fingerprint density at radius 2 is 2.00 bits per heavy atom. The van der Waals surface area contributed by atoms with Crippen molar-refractivity contribution in [2.45, 2.75) is 10.8 Å². The molecule has 1 aromatic heterocycles. The van der Waals surface area contributed by atoms with Crippen LogP contribution >= 0.6 is 23.1 Å². The molecule has 0 aliphatic carbocycles. The number of amides is 1. The second-order valence-corrected chi connectivity index (χ2v) is 7.52. The number of carbonyl (C=O) groups is 1. The number of nitrogens with one attached hydrogen (secondary N) is 1. The lowest BCUT2D eigenvalue weighted by atomic mass is 10.2. The molecule has 26 heavy (non-hydrogen) atoms. The van der Waals surface area contributed by atoms with Crippen molar-refractivity contribution in [1.82, 2.24) is 10.2 Å². The number of rotatable bonds is 8. The molecule has 1 N–H and O–H groups in total. The number of para-hydroxylation sites is 1. The zero-order valence-electron chi connectivity index (χ0n) is 13.7. The first-order valence-corrected chi connectivity index (χ1v) is 9.72. The summed E-state index contributed by atoms with van der Waals surface area (Å²) in [5.74, 6) is 0.826. The number of hydrogen-bond donors (Lipinski definition) is 1. The highest BCUT2D eigenvalue weighted by molar-refractivity contribution is 8.01. The van der Waals surface area contributed by atoms with Crippen molar-refractivity contribution < 1.29 is 13.9 Å². The van der Waals surface area contributed by atoms with Gasteiger partial charge in [-0.05, 0) is 36.8 Å². The van der Waals surface area contributed by atoms with E-state index < -0.39 is 11.7 Å². The molecule has 0 saturated carbocycles. The summed E-state index contributed by atoms with van der Waals surface area (Å²) >= 11 is 2.84. The van der Waals surface area contributed by atoms with Gasteiger partial charge in [0.25, 0.3) is 5.91 Å². The molecule has 8 heteroatoms. The summed E-state index contributed by atoms with van der Waals surface area (Å²) in [5.41, 5.74) is 0.243. The Labute approximate surface area is 158 Å². The third-order valence-corrected chi connectivity index (χ3v) is 5.30. The highest BCUT2D eigenvalue weighted by Gasteiger charge is 2.11. The van der Waals surface area contributed by atoms with Crippen molar-refractivity contribution in [2.75, 3.05) is 17.7 Å². The van der Waals surface area contributed by atoms with Crippen molar-refractivity contribution in [2.24, 2.45) is 0 Å². The van der Waals surface area contributed by atoms with E-state index in [2.05, 4.69) is 15.5 Å². The predicted octanol–water partition coefficient (Wildman–Crippen LogP) is 4.49. The van der Waals surface area contributed by atoms with Crippen LogP contribution in [0.5, 0.6) is 5.75 Å². The first-order valence-electron chi connectivity index (χ1n) is 7.92. The maximum absolute atomic E-state index is 13.2. The van der Waals surface area contributed by atoms with Gasteiger partial charge in [0.05, 0.1) is 6.61 Å². The van der Waals surface area contributed by atoms with Gasteiger partial charge in [-0.15, -0.1) is 10.2 Å². The summed E-state index contributed by atoms with van der Waals surface area (Å²) in [4.78, 5) is 12.0. The molecular weight excluding hydrogens is 373 g/mol. The van der Waals surface area contributed by atoms with Crippen LogP contribution in [0.2, 0.25) is 0 Å². The lowest BCUT2D eigenvalue weighted by Crippen LogP contribution is -2.11. The molecule has 3 rings (SSSR count). The van der Waals surface area contributed by atoms with Crippen molar-refractivity contribution in [1.29, 1.82) is 0 Å². The molecule has 0 bridgehead atoms. The highest BCUT2D eigenvalue weighted by Crippen LogP contribution is 2.26. The van der Waals surface area contributed by atoms with Crippen LogP contribution in [0.3, 0.4) is 0 Å². The highest BCUT2D eigenvalue weighted by atomic mass is 32.2. The van der Waals surface area contributed by atoms with Crippen molar-refractivity contribution in [3.63, 3.8) is 0 Å². The molecule has 5 nitrogen and oxygen atoms in total. The fraction of sp³-hybridized carbons (Fsp3) is 0.167. The number of carbonyl (C=O) groups excluding carboxylic acids is 1. The van der Waals surface area contributed by atoms with Crippen molar-refractivity contribution in [3.05, 3.63) is 66.0 Å². The molecule has 1 heterocycles. The number of nitrogens with zero attached hydrogens (tertiary/aromatic N) is 2. The number of halogens is 1. The van der Waals surface area contributed by atoms with Crippen molar-refractivity contribution in [3.8, 4) is 5.75 Å². The molecule has 0 aliphatic heterocycles. The molecular formula is C18H16FN3O2S2. The molecule has 0 aliphatic rings. The van der Waals surface area contributed by atoms with Gasteiger partial charge in [0.2, 0.25) is 5.13 Å². The van der Waals surface area contributed by atoms with E-state index >= 15 is 0 Å². The van der Waals surface area contributed by atoms with Crippen LogP contribution in [-0.2, 0) is 0 Å². The summed E-state index contributed by atoms with van der Waals surface area (Å²) in [6.07, 6.45) is 0.865. The number of anilines is 1. The van der Waals surface area contributed by atoms with E-state index in [1.54, 1.807) is 17.8 Å². The van der Waals surface area contributed by atoms with Gasteiger partial charge in [-0.1, -0.05) is 47.4 Å². The van der Waals surface area contributed by atoms with Crippen LogP contribution in [0.4, 0.5) is 9.52 Å². The molecule has 2 aromatic carbocycles. The Morgan fingerprint density at radius 3 is 2.81 bits per heavy atom. The Balaban J connectivity index is 1.41. The summed E-state index contributed by atoms with van der Waals surface area (Å²) in [5, 5.41) is 11.0. The summed E-state index contributed by atoms with van der Waals surface area (Å²) in [6, 6.07) is 15.2. The molecule has 0 atom stereocenters. The zero-order chi connectivity index (χ0) is 18.2. The van der Waals surface area contributed by atoms with Gasteiger partial charge in [0.15, 0.2) is 4.34 Å². The van der Waals surface area contributed by atoms with Gasteiger partial charge in [0.1, 0.15) is 11.6 Å². The number of thioether (sulfide) groups is 1. The second kappa shape index (κ2) is 9.30. The summed E-state index contributed by atoms with van der Waals surface area (Å²) < 4.78 is 19.6. The lowest BCUT2D eigenvalue weighted by Gasteiger charge is -2.04. The Morgan fingerprint density at radius 1 is 1.15 bits per heavy atom. The average Bonchev–Trinajstić information content (AvgIpc) is 3.09. The maximum Gasteiger partial charge on any atom is 0.257 e. The second-order valence-electron chi connectivity index (χ2n) is 5.20. The van der Waals surface area contributed by atoms with Crippen LogP contribution in [0.25, 0.3) is 0 Å². The minimum absolute atomic E-state index is 0.243. The third kappa shape index (κ3) is 5.53. The van der Waals surface area contributed by atoms with Crippen LogP contribution in [0.1, 0.15) is 16.8 Å². The van der Waals surface area contributed by atoms with E-state index in [1.165, 1.54) is 29.5 Å². The number of ether oxygens (including phenoxy) is 1. The monoisotopic (exact) mass is 389 g/mol. The van der Waals surface area contributed by atoms with Crippen molar-refractivity contribution >= 4 is 34.1 Å². The number of aromatic nitrogens is 2. The maximum atomic E-state index is 13.2. The summed E-state index contributed by atoms with van der Waals surface area (Å²) in [7, 11) is 0. The van der Waals surface area contributed by atoms with Gasteiger partial charge < -0.3 is 4.74 Å². The number of hydrogen-bond acceptors (Lipinski definition) is 6. The molecule has 3 aromatic rings. The van der Waals surface area contributed by atoms with Gasteiger partial charge >= 0.3 is 0 Å². The van der Waals surface area contributed by atoms with Crippen LogP contribution in [0, 0.1) is 5.82 Å². The van der Waals surface area contributed by atoms with E-state index in [4.69, 9.17) is 4.74 Å². The number of benzene rings is 2. The average molecular weight is 389 g/mol. The topological polar surface area (TPSA) is 64.1 Å². The molecule has 0 fully saturated rings. The SMILES string of the molecule is O=C(Nc1nnc(SCCCOc2ccccc2)s1)c1cccc(F)c1. The van der Waals surface area contributed by atoms with Crippen LogP contribution in [0.15, 0.2) is 58.9 Å². The lowest BCUT2D eigenvalue weighted by molar-refractivity contribution is 0.102. The molecule has 1 amide bonds. The third-order valence-electron chi connectivity index (χ3n) is 3.24. The summed E-state index contributed by atoms with van der Waals surface area (Å²) in [6.45, 7) is 0.624. The molecule has 0 unspecified atom stereocenters. The predicted molar refractivity (Wildman–Crippen MR) is 102 cm³/mol. The fourth-order valence-electron chi connectivity index (χ4n) is 2.04. The molecule has 134 valence electrons. The van der Waals surface area contributed by atoms with E-state index in [-0.39, 0.29) is 5.56 Å². The standard InChI is InChI=1S/C18H16FN3O2S2/c19-14-7-4-6-13(12-14)16(23)20-17-21-22-18(26-17)25-11-5-10-24-15-8-2-1-3-9-15/h1-4,6-9,12H,5,10-11H2,(H,20,21,23). The quantitative estimate of drug-likeness (QED) is 0.349. The first kappa shape index (κ1) is 18.3. The molecule has 0 saturated heterocycles. The molecule has 0 spiro atoms. The Kier molecular flexibility index (Phi) is 6.56. The minimum Gasteiger partial charge on any atom is -0.494 e. The van der Waals surface area contributed by atoms with Crippen LogP contribution < -0.4 is 10.1 Å². The van der Waals surface area contributed by atoms with E-state index in [0.717, 1.165) is 22.3 Å². The van der Waals surface area contributed by atoms with E-state index in [1.807, 2.05) is 30.3 Å². The van der Waals surface area contributed by atoms with E-state index in [9.17, 15) is 9.18 Å². The smallest absolute Gasteiger partial charge is 0.257 e. The Hall–Kier alpha value is -2.45. The van der Waals surface area contributed by atoms with Gasteiger partial charge in [-0.2, -0.15) is 0 Å². The fourth-order valence-corrected chi connectivity index (χ4v) is 3.77. The normalized spacial score (nSPS) is 10.5. The molecule has 0 radical (unpaired) electrons. The van der Waals surface area contributed by atoms with Gasteiger partial charge in [-0.25, -0.2) is 4.39 Å².